The number of ether oxygens (including phenoxy) is 1. The van der Waals surface area contributed by atoms with Crippen LogP contribution in [0, 0.1) is 0 Å². The molecule has 34 heavy (non-hydrogen) atoms. The van der Waals surface area contributed by atoms with Gasteiger partial charge in [0.05, 0.1) is 23.3 Å². The Morgan fingerprint density at radius 2 is 1.97 bits per heavy atom. The van der Waals surface area contributed by atoms with E-state index in [9.17, 15) is 0 Å². The maximum Gasteiger partial charge on any atom is 0.205 e. The fourth-order valence-electron chi connectivity index (χ4n) is 4.14. The summed E-state index contributed by atoms with van der Waals surface area (Å²) in [6, 6.07) is 16.3. The van der Waals surface area contributed by atoms with Crippen molar-refractivity contribution in [3.8, 4) is 22.7 Å². The molecule has 0 saturated carbocycles. The van der Waals surface area contributed by atoms with Gasteiger partial charge in [0, 0.05) is 29.3 Å². The number of halogens is 1. The lowest BCUT2D eigenvalue weighted by Crippen LogP contribution is -2.07. The van der Waals surface area contributed by atoms with Crippen LogP contribution in [0.25, 0.3) is 33.7 Å². The number of hydrogen-bond acceptors (Lipinski definition) is 6. The summed E-state index contributed by atoms with van der Waals surface area (Å²) in [6.07, 6.45) is 3.28. The standard InChI is InChI=1S/C25H25BrN6O2/c1-3-4-7-18-13-17(15-33-2)29-32(18)14-16-10-11-22-21(12-16)23(26)24(34-22)19-8-5-6-9-20(19)25-27-30-31-28-25/h5-6,8-13H,3-4,7,14-15H2,1-2H3,(H,27,28,30,31). The molecule has 0 bridgehead atoms. The van der Waals surface area contributed by atoms with E-state index in [-0.39, 0.29) is 0 Å². The molecule has 3 heterocycles. The molecule has 0 spiro atoms. The fourth-order valence-corrected chi connectivity index (χ4v) is 4.75. The van der Waals surface area contributed by atoms with Crippen LogP contribution >= 0.6 is 15.9 Å². The van der Waals surface area contributed by atoms with E-state index in [1.54, 1.807) is 7.11 Å². The molecule has 0 radical (unpaired) electrons. The Balaban J connectivity index is 1.50. The van der Waals surface area contributed by atoms with E-state index in [2.05, 4.69) is 66.4 Å². The van der Waals surface area contributed by atoms with E-state index < -0.39 is 0 Å². The van der Waals surface area contributed by atoms with Crippen LogP contribution in [0.15, 0.2) is 57.4 Å². The van der Waals surface area contributed by atoms with Gasteiger partial charge in [0.2, 0.25) is 5.82 Å². The quantitative estimate of drug-likeness (QED) is 0.264. The van der Waals surface area contributed by atoms with E-state index in [0.717, 1.165) is 62.8 Å². The molecule has 174 valence electrons. The highest BCUT2D eigenvalue weighted by Crippen LogP contribution is 2.41. The summed E-state index contributed by atoms with van der Waals surface area (Å²) in [5, 5.41) is 20.3. The molecule has 0 atom stereocenters. The summed E-state index contributed by atoms with van der Waals surface area (Å²) in [4.78, 5) is 0. The molecular formula is C25H25BrN6O2. The van der Waals surface area contributed by atoms with Gasteiger partial charge in [-0.25, -0.2) is 0 Å². The van der Waals surface area contributed by atoms with Crippen LogP contribution in [-0.4, -0.2) is 37.5 Å². The molecular weight excluding hydrogens is 496 g/mol. The van der Waals surface area contributed by atoms with Crippen molar-refractivity contribution in [1.29, 1.82) is 0 Å². The zero-order valence-corrected chi connectivity index (χ0v) is 20.7. The van der Waals surface area contributed by atoms with Crippen molar-refractivity contribution < 1.29 is 9.15 Å². The van der Waals surface area contributed by atoms with Gasteiger partial charge in [-0.15, -0.1) is 10.2 Å². The van der Waals surface area contributed by atoms with Crippen LogP contribution in [0.1, 0.15) is 36.7 Å². The van der Waals surface area contributed by atoms with Gasteiger partial charge in [-0.1, -0.05) is 43.7 Å². The number of nitrogens with one attached hydrogen (secondary N) is 1. The van der Waals surface area contributed by atoms with Crippen LogP contribution in [0.3, 0.4) is 0 Å². The van der Waals surface area contributed by atoms with Crippen molar-refractivity contribution >= 4 is 26.9 Å². The van der Waals surface area contributed by atoms with Gasteiger partial charge < -0.3 is 9.15 Å². The largest absolute Gasteiger partial charge is 0.455 e. The molecule has 0 aliphatic heterocycles. The van der Waals surface area contributed by atoms with Crippen LogP contribution in [-0.2, 0) is 24.3 Å². The summed E-state index contributed by atoms with van der Waals surface area (Å²) in [5.74, 6) is 1.26. The number of aromatic amines is 1. The number of H-pyrrole nitrogens is 1. The molecule has 0 aliphatic rings. The Morgan fingerprint density at radius 3 is 2.74 bits per heavy atom. The summed E-state index contributed by atoms with van der Waals surface area (Å²) in [7, 11) is 1.70. The van der Waals surface area contributed by atoms with Crippen molar-refractivity contribution in [2.75, 3.05) is 7.11 Å². The summed E-state index contributed by atoms with van der Waals surface area (Å²) < 4.78 is 14.6. The average molecular weight is 521 g/mol. The number of methoxy groups -OCH3 is 1. The highest BCUT2D eigenvalue weighted by molar-refractivity contribution is 9.10. The minimum atomic E-state index is 0.515. The first-order valence-electron chi connectivity index (χ1n) is 11.3. The lowest BCUT2D eigenvalue weighted by molar-refractivity contribution is 0.181. The maximum absolute atomic E-state index is 6.27. The third-order valence-corrected chi connectivity index (χ3v) is 6.56. The first kappa shape index (κ1) is 22.5. The number of benzene rings is 2. The van der Waals surface area contributed by atoms with Crippen molar-refractivity contribution in [3.63, 3.8) is 0 Å². The van der Waals surface area contributed by atoms with Gasteiger partial charge in [0.15, 0.2) is 0 Å². The summed E-state index contributed by atoms with van der Waals surface area (Å²) in [6.45, 7) is 3.41. The summed E-state index contributed by atoms with van der Waals surface area (Å²) in [5.41, 5.74) is 5.89. The topological polar surface area (TPSA) is 94.6 Å². The number of unbranched alkanes of at least 4 members (excludes halogenated alkanes) is 1. The predicted octanol–water partition coefficient (Wildman–Crippen LogP) is 5.78. The molecule has 8 nitrogen and oxygen atoms in total. The molecule has 2 aromatic carbocycles. The van der Waals surface area contributed by atoms with E-state index in [1.807, 2.05) is 30.3 Å². The van der Waals surface area contributed by atoms with E-state index in [0.29, 0.717) is 19.0 Å². The van der Waals surface area contributed by atoms with Gasteiger partial charge in [-0.2, -0.15) is 10.3 Å². The number of tetrazole rings is 1. The van der Waals surface area contributed by atoms with Crippen LogP contribution in [0.4, 0.5) is 0 Å². The smallest absolute Gasteiger partial charge is 0.205 e. The highest BCUT2D eigenvalue weighted by atomic mass is 79.9. The number of nitrogens with zero attached hydrogens (tertiary/aromatic N) is 5. The second-order valence-electron chi connectivity index (χ2n) is 8.18. The Kier molecular flexibility index (Phi) is 6.55. The first-order valence-corrected chi connectivity index (χ1v) is 12.1. The molecule has 9 heteroatoms. The lowest BCUT2D eigenvalue weighted by atomic mass is 10.0. The first-order chi connectivity index (χ1) is 16.7. The van der Waals surface area contributed by atoms with Crippen LogP contribution in [0.5, 0.6) is 0 Å². The normalized spacial score (nSPS) is 11.5. The number of hydrogen-bond donors (Lipinski definition) is 1. The molecule has 0 saturated heterocycles. The molecule has 0 aliphatic carbocycles. The molecule has 0 amide bonds. The predicted molar refractivity (Wildman–Crippen MR) is 133 cm³/mol. The van der Waals surface area contributed by atoms with Crippen LogP contribution < -0.4 is 0 Å². The average Bonchev–Trinajstić information content (AvgIpc) is 3.58. The Morgan fingerprint density at radius 1 is 1.12 bits per heavy atom. The zero-order chi connectivity index (χ0) is 23.5. The fraction of sp³-hybridized carbons (Fsp3) is 0.280. The summed E-state index contributed by atoms with van der Waals surface area (Å²) >= 11 is 3.78. The van der Waals surface area contributed by atoms with Crippen molar-refractivity contribution in [2.24, 2.45) is 0 Å². The van der Waals surface area contributed by atoms with Crippen molar-refractivity contribution in [1.82, 2.24) is 30.4 Å². The van der Waals surface area contributed by atoms with E-state index in [1.165, 1.54) is 5.69 Å². The maximum atomic E-state index is 6.27. The lowest BCUT2D eigenvalue weighted by Gasteiger charge is -2.07. The third kappa shape index (κ3) is 4.41. The Hall–Kier alpha value is -3.30. The van der Waals surface area contributed by atoms with Crippen molar-refractivity contribution in [2.45, 2.75) is 39.3 Å². The monoisotopic (exact) mass is 520 g/mol. The molecule has 5 rings (SSSR count). The van der Waals surface area contributed by atoms with Crippen LogP contribution in [0.2, 0.25) is 0 Å². The zero-order valence-electron chi connectivity index (χ0n) is 19.1. The second kappa shape index (κ2) is 9.90. The number of aryl methyl sites for hydroxylation is 1. The SMILES string of the molecule is CCCCc1cc(COC)nn1Cc1ccc2oc(-c3ccccc3-c3nn[nH]n3)c(Br)c2c1. The minimum absolute atomic E-state index is 0.515. The minimum Gasteiger partial charge on any atom is -0.455 e. The molecule has 0 fully saturated rings. The van der Waals surface area contributed by atoms with Gasteiger partial charge >= 0.3 is 0 Å². The van der Waals surface area contributed by atoms with Gasteiger partial charge in [-0.05, 0) is 57.7 Å². The Bertz CT molecular complexity index is 1410. The Labute approximate surface area is 205 Å². The number of fused-ring (bicyclic) bond motifs is 1. The number of furan rings is 1. The molecule has 1 N–H and O–H groups in total. The van der Waals surface area contributed by atoms with Crippen molar-refractivity contribution in [3.05, 3.63) is 70.0 Å². The molecule has 0 unspecified atom stereocenters. The van der Waals surface area contributed by atoms with Gasteiger partial charge in [0.25, 0.3) is 0 Å². The highest BCUT2D eigenvalue weighted by Gasteiger charge is 2.19. The van der Waals surface area contributed by atoms with E-state index >= 15 is 0 Å². The third-order valence-electron chi connectivity index (χ3n) is 5.77. The molecule has 3 aromatic heterocycles. The number of rotatable bonds is 9. The van der Waals surface area contributed by atoms with Gasteiger partial charge in [-0.3, -0.25) is 4.68 Å². The number of aromatic nitrogens is 6. The van der Waals surface area contributed by atoms with E-state index in [4.69, 9.17) is 14.3 Å². The second-order valence-corrected chi connectivity index (χ2v) is 8.97. The van der Waals surface area contributed by atoms with Gasteiger partial charge in [0.1, 0.15) is 11.3 Å². The molecule has 5 aromatic rings.